The fourth-order valence-electron chi connectivity index (χ4n) is 2.38. The fraction of sp³-hybridized carbons (Fsp3) is 0.278. The first-order valence-electron chi connectivity index (χ1n) is 7.96. The molecule has 0 fully saturated rings. The zero-order valence-electron chi connectivity index (χ0n) is 14.4. The van der Waals surface area contributed by atoms with Crippen LogP contribution in [0.3, 0.4) is 0 Å². The van der Waals surface area contributed by atoms with Gasteiger partial charge in [0.25, 0.3) is 5.91 Å². The number of carbonyl (C=O) groups excluding carboxylic acids is 1. The van der Waals surface area contributed by atoms with E-state index in [1.807, 2.05) is 6.20 Å². The minimum atomic E-state index is -0.881. The minimum absolute atomic E-state index is 0.215. The van der Waals surface area contributed by atoms with Crippen molar-refractivity contribution < 1.29 is 4.79 Å². The minimum Gasteiger partial charge on any atom is -0.307 e. The summed E-state index contributed by atoms with van der Waals surface area (Å²) in [7, 11) is 0. The van der Waals surface area contributed by atoms with Crippen molar-refractivity contribution in [3.05, 3.63) is 65.1 Å². The maximum atomic E-state index is 12.6. The third kappa shape index (κ3) is 3.91. The monoisotopic (exact) mass is 357 g/mol. The van der Waals surface area contributed by atoms with Crippen LogP contribution in [-0.4, -0.2) is 25.5 Å². The van der Waals surface area contributed by atoms with Crippen molar-refractivity contribution in [3.8, 4) is 0 Å². The van der Waals surface area contributed by atoms with Crippen LogP contribution in [0, 0.1) is 6.92 Å². The summed E-state index contributed by atoms with van der Waals surface area (Å²) in [6.07, 6.45) is 4.97. The molecule has 0 radical (unpaired) electrons. The summed E-state index contributed by atoms with van der Waals surface area (Å²) in [5, 5.41) is 11.8. The molecule has 0 saturated carbocycles. The van der Waals surface area contributed by atoms with Crippen LogP contribution in [0.2, 0.25) is 5.02 Å². The van der Waals surface area contributed by atoms with Gasteiger partial charge in [-0.2, -0.15) is 10.2 Å². The van der Waals surface area contributed by atoms with E-state index in [9.17, 15) is 4.79 Å². The largest absolute Gasteiger partial charge is 0.307 e. The molecule has 1 N–H and O–H groups in total. The van der Waals surface area contributed by atoms with Gasteiger partial charge in [0, 0.05) is 18.5 Å². The van der Waals surface area contributed by atoms with Gasteiger partial charge in [-0.3, -0.25) is 14.2 Å². The molecule has 1 aromatic carbocycles. The summed E-state index contributed by atoms with van der Waals surface area (Å²) in [6, 6.07) is 10.1. The first-order valence-corrected chi connectivity index (χ1v) is 8.33. The standard InChI is InChI=1S/C18H20ClN5O/c1-13-4-6-14(7-5-13)11-23-9-8-16(22-23)21-17(25)18(2,3)24-12-15(19)10-20-24/h4-10,12H,11H2,1-3H3,(H,21,22,25). The normalized spacial score (nSPS) is 11.5. The van der Waals surface area contributed by atoms with Gasteiger partial charge in [0.1, 0.15) is 5.54 Å². The van der Waals surface area contributed by atoms with Gasteiger partial charge in [-0.15, -0.1) is 0 Å². The quantitative estimate of drug-likeness (QED) is 0.760. The van der Waals surface area contributed by atoms with Crippen LogP contribution in [-0.2, 0) is 16.9 Å². The Kier molecular flexibility index (Phi) is 4.63. The molecule has 0 aliphatic heterocycles. The van der Waals surface area contributed by atoms with Gasteiger partial charge < -0.3 is 5.32 Å². The smallest absolute Gasteiger partial charge is 0.252 e. The first kappa shape index (κ1) is 17.2. The summed E-state index contributed by atoms with van der Waals surface area (Å²) >= 11 is 5.89. The van der Waals surface area contributed by atoms with E-state index < -0.39 is 5.54 Å². The Morgan fingerprint density at radius 2 is 1.96 bits per heavy atom. The van der Waals surface area contributed by atoms with E-state index in [0.29, 0.717) is 17.4 Å². The van der Waals surface area contributed by atoms with Crippen molar-refractivity contribution in [1.82, 2.24) is 19.6 Å². The van der Waals surface area contributed by atoms with E-state index in [1.165, 1.54) is 16.4 Å². The van der Waals surface area contributed by atoms with Crippen LogP contribution in [0.25, 0.3) is 0 Å². The van der Waals surface area contributed by atoms with Crippen molar-refractivity contribution in [2.45, 2.75) is 32.9 Å². The molecule has 1 amide bonds. The Hall–Kier alpha value is -2.60. The Labute approximate surface area is 151 Å². The van der Waals surface area contributed by atoms with Gasteiger partial charge in [-0.1, -0.05) is 41.4 Å². The molecule has 130 valence electrons. The maximum absolute atomic E-state index is 12.6. The van der Waals surface area contributed by atoms with E-state index in [4.69, 9.17) is 11.6 Å². The molecule has 0 aliphatic carbocycles. The van der Waals surface area contributed by atoms with Gasteiger partial charge in [-0.05, 0) is 26.3 Å². The van der Waals surface area contributed by atoms with Gasteiger partial charge in [0.15, 0.2) is 5.82 Å². The second-order valence-corrected chi connectivity index (χ2v) is 6.94. The van der Waals surface area contributed by atoms with Crippen molar-refractivity contribution in [2.75, 3.05) is 5.32 Å². The molecule has 2 aromatic heterocycles. The van der Waals surface area contributed by atoms with Crippen LogP contribution in [0.4, 0.5) is 5.82 Å². The lowest BCUT2D eigenvalue weighted by Crippen LogP contribution is -2.40. The van der Waals surface area contributed by atoms with Gasteiger partial charge >= 0.3 is 0 Å². The highest BCUT2D eigenvalue weighted by Crippen LogP contribution is 2.19. The predicted octanol–water partition coefficient (Wildman–Crippen LogP) is 3.46. The molecule has 0 unspecified atom stereocenters. The van der Waals surface area contributed by atoms with E-state index in [1.54, 1.807) is 30.8 Å². The second-order valence-electron chi connectivity index (χ2n) is 6.50. The molecular weight excluding hydrogens is 338 g/mol. The van der Waals surface area contributed by atoms with Crippen LogP contribution < -0.4 is 5.32 Å². The summed E-state index contributed by atoms with van der Waals surface area (Å²) in [4.78, 5) is 12.6. The Morgan fingerprint density at radius 1 is 1.24 bits per heavy atom. The molecule has 0 bridgehead atoms. The second kappa shape index (κ2) is 6.72. The number of carbonyl (C=O) groups is 1. The number of amides is 1. The third-order valence-corrected chi connectivity index (χ3v) is 4.22. The molecule has 7 heteroatoms. The zero-order valence-corrected chi connectivity index (χ0v) is 15.2. The SMILES string of the molecule is Cc1ccc(Cn2ccc(NC(=O)C(C)(C)n3cc(Cl)cn3)n2)cc1. The highest BCUT2D eigenvalue weighted by Gasteiger charge is 2.31. The van der Waals surface area contributed by atoms with E-state index in [0.717, 1.165) is 5.56 Å². The number of aromatic nitrogens is 4. The lowest BCUT2D eigenvalue weighted by molar-refractivity contribution is -0.123. The van der Waals surface area contributed by atoms with Crippen molar-refractivity contribution in [3.63, 3.8) is 0 Å². The third-order valence-electron chi connectivity index (χ3n) is 4.03. The number of hydrogen-bond acceptors (Lipinski definition) is 3. The van der Waals surface area contributed by atoms with Crippen molar-refractivity contribution in [2.24, 2.45) is 0 Å². The van der Waals surface area contributed by atoms with Gasteiger partial charge in [0.05, 0.1) is 17.8 Å². The lowest BCUT2D eigenvalue weighted by Gasteiger charge is -2.23. The Balaban J connectivity index is 1.68. The van der Waals surface area contributed by atoms with Crippen molar-refractivity contribution >= 4 is 23.3 Å². The number of halogens is 1. The van der Waals surface area contributed by atoms with Crippen LogP contribution in [0.5, 0.6) is 0 Å². The number of rotatable bonds is 5. The van der Waals surface area contributed by atoms with E-state index >= 15 is 0 Å². The summed E-state index contributed by atoms with van der Waals surface area (Å²) in [6.45, 7) is 6.25. The zero-order chi connectivity index (χ0) is 18.0. The highest BCUT2D eigenvalue weighted by molar-refractivity contribution is 6.30. The molecule has 2 heterocycles. The topological polar surface area (TPSA) is 64.7 Å². The molecule has 3 aromatic rings. The lowest BCUT2D eigenvalue weighted by atomic mass is 10.1. The first-order chi connectivity index (χ1) is 11.8. The molecule has 0 aliphatic rings. The number of nitrogens with zero attached hydrogens (tertiary/aromatic N) is 4. The Morgan fingerprint density at radius 3 is 2.60 bits per heavy atom. The van der Waals surface area contributed by atoms with Gasteiger partial charge in [-0.25, -0.2) is 0 Å². The Bertz CT molecular complexity index is 879. The molecule has 0 atom stereocenters. The van der Waals surface area contributed by atoms with Crippen LogP contribution in [0.15, 0.2) is 48.9 Å². The fourth-order valence-corrected chi connectivity index (χ4v) is 2.51. The maximum Gasteiger partial charge on any atom is 0.252 e. The molecular formula is C18H20ClN5O. The number of aryl methyl sites for hydroxylation is 1. The predicted molar refractivity (Wildman–Crippen MR) is 97.7 cm³/mol. The van der Waals surface area contributed by atoms with Crippen LogP contribution in [0.1, 0.15) is 25.0 Å². The molecule has 3 rings (SSSR count). The number of nitrogens with one attached hydrogen (secondary N) is 1. The molecule has 0 spiro atoms. The van der Waals surface area contributed by atoms with Crippen molar-refractivity contribution in [1.29, 1.82) is 0 Å². The van der Waals surface area contributed by atoms with Crippen LogP contribution >= 0.6 is 11.6 Å². The molecule has 25 heavy (non-hydrogen) atoms. The average molecular weight is 358 g/mol. The molecule has 0 saturated heterocycles. The summed E-state index contributed by atoms with van der Waals surface area (Å²) in [5.74, 6) is 0.288. The van der Waals surface area contributed by atoms with E-state index in [2.05, 4.69) is 46.7 Å². The number of hydrogen-bond donors (Lipinski definition) is 1. The number of benzene rings is 1. The van der Waals surface area contributed by atoms with E-state index in [-0.39, 0.29) is 5.91 Å². The summed E-state index contributed by atoms with van der Waals surface area (Å²) in [5.41, 5.74) is 1.49. The number of anilines is 1. The summed E-state index contributed by atoms with van der Waals surface area (Å²) < 4.78 is 3.33. The molecule has 6 nitrogen and oxygen atoms in total. The average Bonchev–Trinajstić information content (AvgIpc) is 3.19. The van der Waals surface area contributed by atoms with Gasteiger partial charge in [0.2, 0.25) is 0 Å². The highest BCUT2D eigenvalue weighted by atomic mass is 35.5.